The number of ketones is 1. The first-order valence-electron chi connectivity index (χ1n) is 5.56. The normalized spacial score (nSPS) is 20.5. The number of esters is 1. The zero-order valence-corrected chi connectivity index (χ0v) is 9.02. The number of Topliss-reactive ketones (excluding diaryl/α,β-unsaturated/α-hetero) is 1. The van der Waals surface area contributed by atoms with Crippen LogP contribution in [0.3, 0.4) is 0 Å². The van der Waals surface area contributed by atoms with Crippen molar-refractivity contribution in [2.45, 2.75) is 31.8 Å². The first-order valence-corrected chi connectivity index (χ1v) is 5.56. The predicted octanol–water partition coefficient (Wildman–Crippen LogP) is 2.36. The summed E-state index contributed by atoms with van der Waals surface area (Å²) < 4.78 is 5.20. The highest BCUT2D eigenvalue weighted by molar-refractivity contribution is 5.92. The van der Waals surface area contributed by atoms with Gasteiger partial charge in [0.15, 0.2) is 11.9 Å². The second-order valence-corrected chi connectivity index (χ2v) is 3.97. The molecule has 1 aromatic rings. The number of ether oxygens (including phenoxy) is 1. The Morgan fingerprint density at radius 2 is 1.94 bits per heavy atom. The van der Waals surface area contributed by atoms with Crippen molar-refractivity contribution in [1.82, 2.24) is 0 Å². The smallest absolute Gasteiger partial charge is 0.338 e. The average Bonchev–Trinajstić information content (AvgIpc) is 2.33. The molecule has 1 aliphatic rings. The molecule has 0 bridgehead atoms. The lowest BCUT2D eigenvalue weighted by atomic mass is 9.96. The van der Waals surface area contributed by atoms with Gasteiger partial charge in [0.2, 0.25) is 0 Å². The minimum absolute atomic E-state index is 0.0514. The molecule has 1 aliphatic carbocycles. The van der Waals surface area contributed by atoms with Crippen molar-refractivity contribution in [3.63, 3.8) is 0 Å². The maximum atomic E-state index is 11.7. The standard InChI is InChI=1S/C13H14O3/c14-11-8-4-5-9-12(11)16-13(15)10-6-2-1-3-7-10/h1-3,6-7,12H,4-5,8-9H2/t12-/m0/s1. The van der Waals surface area contributed by atoms with Gasteiger partial charge in [-0.1, -0.05) is 18.2 Å². The molecule has 0 spiro atoms. The summed E-state index contributed by atoms with van der Waals surface area (Å²) in [7, 11) is 0. The minimum atomic E-state index is -0.526. The summed E-state index contributed by atoms with van der Waals surface area (Å²) >= 11 is 0. The molecular weight excluding hydrogens is 204 g/mol. The quantitative estimate of drug-likeness (QED) is 0.716. The van der Waals surface area contributed by atoms with Crippen LogP contribution in [0, 0.1) is 0 Å². The van der Waals surface area contributed by atoms with Crippen molar-refractivity contribution in [1.29, 1.82) is 0 Å². The maximum Gasteiger partial charge on any atom is 0.338 e. The van der Waals surface area contributed by atoms with E-state index in [1.807, 2.05) is 6.07 Å². The molecule has 16 heavy (non-hydrogen) atoms. The van der Waals surface area contributed by atoms with Crippen LogP contribution in [0.2, 0.25) is 0 Å². The lowest BCUT2D eigenvalue weighted by molar-refractivity contribution is -0.129. The molecule has 3 nitrogen and oxygen atoms in total. The Kier molecular flexibility index (Phi) is 3.34. The van der Waals surface area contributed by atoms with E-state index in [9.17, 15) is 9.59 Å². The summed E-state index contributed by atoms with van der Waals surface area (Å²) in [4.78, 5) is 23.2. The van der Waals surface area contributed by atoms with Crippen LogP contribution >= 0.6 is 0 Å². The van der Waals surface area contributed by atoms with E-state index in [0.29, 0.717) is 18.4 Å². The van der Waals surface area contributed by atoms with Crippen molar-refractivity contribution in [2.24, 2.45) is 0 Å². The Labute approximate surface area is 94.4 Å². The monoisotopic (exact) mass is 218 g/mol. The van der Waals surface area contributed by atoms with Gasteiger partial charge < -0.3 is 4.74 Å². The highest BCUT2D eigenvalue weighted by Gasteiger charge is 2.25. The first-order chi connectivity index (χ1) is 7.77. The molecule has 0 unspecified atom stereocenters. The highest BCUT2D eigenvalue weighted by atomic mass is 16.5. The molecule has 0 aromatic heterocycles. The van der Waals surface area contributed by atoms with Crippen molar-refractivity contribution in [2.75, 3.05) is 0 Å². The minimum Gasteiger partial charge on any atom is -0.451 e. The van der Waals surface area contributed by atoms with Crippen LogP contribution in [0.5, 0.6) is 0 Å². The van der Waals surface area contributed by atoms with Gasteiger partial charge in [-0.3, -0.25) is 4.79 Å². The molecule has 3 heteroatoms. The molecule has 0 heterocycles. The number of hydrogen-bond acceptors (Lipinski definition) is 3. The van der Waals surface area contributed by atoms with Crippen LogP contribution in [0.4, 0.5) is 0 Å². The molecule has 84 valence electrons. The maximum absolute atomic E-state index is 11.7. The lowest BCUT2D eigenvalue weighted by Gasteiger charge is -2.20. The van der Waals surface area contributed by atoms with E-state index in [4.69, 9.17) is 4.74 Å². The van der Waals surface area contributed by atoms with E-state index in [-0.39, 0.29) is 5.78 Å². The van der Waals surface area contributed by atoms with E-state index in [1.54, 1.807) is 24.3 Å². The van der Waals surface area contributed by atoms with Crippen molar-refractivity contribution >= 4 is 11.8 Å². The molecule has 2 rings (SSSR count). The summed E-state index contributed by atoms with van der Waals surface area (Å²) in [5.74, 6) is -0.351. The van der Waals surface area contributed by atoms with Gasteiger partial charge in [-0.05, 0) is 31.4 Å². The van der Waals surface area contributed by atoms with E-state index in [1.165, 1.54) is 0 Å². The summed E-state index contributed by atoms with van der Waals surface area (Å²) in [6.07, 6.45) is 2.54. The van der Waals surface area contributed by atoms with E-state index >= 15 is 0 Å². The van der Waals surface area contributed by atoms with E-state index in [2.05, 4.69) is 0 Å². The number of carbonyl (C=O) groups excluding carboxylic acids is 2. The van der Waals surface area contributed by atoms with Crippen molar-refractivity contribution < 1.29 is 14.3 Å². The molecule has 1 atom stereocenters. The fourth-order valence-electron chi connectivity index (χ4n) is 1.85. The second kappa shape index (κ2) is 4.92. The van der Waals surface area contributed by atoms with Gasteiger partial charge in [0.1, 0.15) is 0 Å². The number of rotatable bonds is 2. The Morgan fingerprint density at radius 3 is 2.62 bits per heavy atom. The van der Waals surface area contributed by atoms with Gasteiger partial charge in [-0.25, -0.2) is 4.79 Å². The van der Waals surface area contributed by atoms with Crippen LogP contribution in [-0.2, 0) is 9.53 Å². The number of carbonyl (C=O) groups is 2. The third-order valence-corrected chi connectivity index (χ3v) is 2.76. The molecule has 1 aromatic carbocycles. The SMILES string of the molecule is O=C(O[C@H]1CCCCC1=O)c1ccccc1. The molecule has 0 N–H and O–H groups in total. The zero-order valence-electron chi connectivity index (χ0n) is 9.02. The molecule has 1 fully saturated rings. The molecule has 1 saturated carbocycles. The van der Waals surface area contributed by atoms with Gasteiger partial charge >= 0.3 is 5.97 Å². The Morgan fingerprint density at radius 1 is 1.19 bits per heavy atom. The first kappa shape index (κ1) is 10.9. The Balaban J connectivity index is 1.99. The number of benzene rings is 1. The molecule has 0 radical (unpaired) electrons. The van der Waals surface area contributed by atoms with Crippen LogP contribution in [0.15, 0.2) is 30.3 Å². The Bertz CT molecular complexity index is 383. The van der Waals surface area contributed by atoms with Gasteiger partial charge in [0, 0.05) is 6.42 Å². The molecular formula is C13H14O3. The topological polar surface area (TPSA) is 43.4 Å². The molecule has 0 saturated heterocycles. The largest absolute Gasteiger partial charge is 0.451 e. The van der Waals surface area contributed by atoms with Crippen LogP contribution in [-0.4, -0.2) is 17.9 Å². The van der Waals surface area contributed by atoms with Gasteiger partial charge in [0.25, 0.3) is 0 Å². The summed E-state index contributed by atoms with van der Waals surface area (Å²) in [5.41, 5.74) is 0.501. The third-order valence-electron chi connectivity index (χ3n) is 2.76. The van der Waals surface area contributed by atoms with Gasteiger partial charge in [0.05, 0.1) is 5.56 Å². The zero-order chi connectivity index (χ0) is 11.4. The average molecular weight is 218 g/mol. The van der Waals surface area contributed by atoms with Crippen LogP contribution in [0.25, 0.3) is 0 Å². The molecule has 0 amide bonds. The van der Waals surface area contributed by atoms with Gasteiger partial charge in [-0.2, -0.15) is 0 Å². The van der Waals surface area contributed by atoms with E-state index in [0.717, 1.165) is 12.8 Å². The highest BCUT2D eigenvalue weighted by Crippen LogP contribution is 2.18. The summed E-state index contributed by atoms with van der Waals surface area (Å²) in [6, 6.07) is 8.77. The fourth-order valence-corrected chi connectivity index (χ4v) is 1.85. The summed E-state index contributed by atoms with van der Waals surface area (Å²) in [5, 5.41) is 0. The number of hydrogen-bond donors (Lipinski definition) is 0. The third kappa shape index (κ3) is 2.48. The Hall–Kier alpha value is -1.64. The van der Waals surface area contributed by atoms with Crippen molar-refractivity contribution in [3.8, 4) is 0 Å². The van der Waals surface area contributed by atoms with Crippen LogP contribution < -0.4 is 0 Å². The van der Waals surface area contributed by atoms with E-state index < -0.39 is 12.1 Å². The summed E-state index contributed by atoms with van der Waals surface area (Å²) in [6.45, 7) is 0. The lowest BCUT2D eigenvalue weighted by Crippen LogP contribution is -2.30. The molecule has 0 aliphatic heterocycles. The predicted molar refractivity (Wildman–Crippen MR) is 59.1 cm³/mol. The second-order valence-electron chi connectivity index (χ2n) is 3.97. The fraction of sp³-hybridized carbons (Fsp3) is 0.385. The van der Waals surface area contributed by atoms with Crippen molar-refractivity contribution in [3.05, 3.63) is 35.9 Å². The van der Waals surface area contributed by atoms with Gasteiger partial charge in [-0.15, -0.1) is 0 Å². The van der Waals surface area contributed by atoms with Crippen LogP contribution in [0.1, 0.15) is 36.0 Å².